The number of hydrogen-bond acceptors (Lipinski definition) is 2. The Kier molecular flexibility index (Phi) is 8.63. The van der Waals surface area contributed by atoms with Gasteiger partial charge in [-0.25, -0.2) is 4.79 Å². The fraction of sp³-hybridized carbons (Fsp3) is 0.438. The quantitative estimate of drug-likeness (QED) is 0.276. The van der Waals surface area contributed by atoms with Crippen molar-refractivity contribution >= 4 is 5.97 Å². The molecule has 0 unspecified atom stereocenters. The minimum atomic E-state index is -0.251. The summed E-state index contributed by atoms with van der Waals surface area (Å²) in [5.74, 6) is -0.251. The molecular formula is C16H24O2. The van der Waals surface area contributed by atoms with Crippen LogP contribution in [0.15, 0.2) is 48.1 Å². The molecule has 0 bridgehead atoms. The third-order valence-corrected chi connectivity index (χ3v) is 2.74. The molecule has 0 aliphatic carbocycles. The number of hydrogen-bond donors (Lipinski definition) is 0. The van der Waals surface area contributed by atoms with Crippen molar-refractivity contribution in [3.05, 3.63) is 48.1 Å². The van der Waals surface area contributed by atoms with Crippen LogP contribution in [-0.2, 0) is 9.53 Å². The van der Waals surface area contributed by atoms with Crippen molar-refractivity contribution in [2.24, 2.45) is 0 Å². The first kappa shape index (κ1) is 16.4. The second-order valence-corrected chi connectivity index (χ2v) is 4.37. The average molecular weight is 248 g/mol. The topological polar surface area (TPSA) is 26.3 Å². The SMILES string of the molecule is C=CC(=C)CC/C=C(\C)CC/C=C(\C)C(=O)OC. The number of esters is 1. The Bertz CT molecular complexity index is 359. The monoisotopic (exact) mass is 248 g/mol. The van der Waals surface area contributed by atoms with E-state index in [-0.39, 0.29) is 5.97 Å². The zero-order chi connectivity index (χ0) is 14.0. The molecule has 2 nitrogen and oxygen atoms in total. The number of carbonyl (C=O) groups is 1. The van der Waals surface area contributed by atoms with E-state index in [1.165, 1.54) is 12.7 Å². The van der Waals surface area contributed by atoms with Crippen LogP contribution >= 0.6 is 0 Å². The van der Waals surface area contributed by atoms with Crippen molar-refractivity contribution in [3.8, 4) is 0 Å². The summed E-state index contributed by atoms with van der Waals surface area (Å²) in [6.07, 6.45) is 9.72. The third kappa shape index (κ3) is 7.66. The number of methoxy groups -OCH3 is 1. The molecule has 0 amide bonds. The molecule has 100 valence electrons. The molecule has 0 fully saturated rings. The van der Waals surface area contributed by atoms with Crippen LogP contribution in [0, 0.1) is 0 Å². The van der Waals surface area contributed by atoms with Crippen molar-refractivity contribution < 1.29 is 9.53 Å². The number of carbonyl (C=O) groups excluding carboxylic acids is 1. The van der Waals surface area contributed by atoms with Crippen LogP contribution in [0.4, 0.5) is 0 Å². The molecule has 2 heteroatoms. The number of rotatable bonds is 8. The van der Waals surface area contributed by atoms with E-state index < -0.39 is 0 Å². The standard InChI is InChI=1S/C16H24O2/c1-6-13(2)9-7-10-14(3)11-8-12-15(4)16(17)18-5/h6,10,12H,1-2,7-9,11H2,3-5H3/b14-10+,15-12+. The van der Waals surface area contributed by atoms with Crippen LogP contribution < -0.4 is 0 Å². The van der Waals surface area contributed by atoms with Gasteiger partial charge in [-0.05, 0) is 39.5 Å². The Morgan fingerprint density at radius 2 is 1.78 bits per heavy atom. The summed E-state index contributed by atoms with van der Waals surface area (Å²) in [6, 6.07) is 0. The number of allylic oxidation sites excluding steroid dienone is 5. The molecule has 18 heavy (non-hydrogen) atoms. The van der Waals surface area contributed by atoms with E-state index in [1.807, 2.05) is 6.08 Å². The van der Waals surface area contributed by atoms with E-state index in [4.69, 9.17) is 0 Å². The van der Waals surface area contributed by atoms with Gasteiger partial charge in [-0.15, -0.1) is 0 Å². The predicted molar refractivity (Wildman–Crippen MR) is 77.3 cm³/mol. The zero-order valence-electron chi connectivity index (χ0n) is 11.8. The van der Waals surface area contributed by atoms with Crippen molar-refractivity contribution in [2.45, 2.75) is 39.5 Å². The van der Waals surface area contributed by atoms with E-state index in [0.29, 0.717) is 5.57 Å². The zero-order valence-corrected chi connectivity index (χ0v) is 11.8. The van der Waals surface area contributed by atoms with Gasteiger partial charge in [0.1, 0.15) is 0 Å². The van der Waals surface area contributed by atoms with Gasteiger partial charge in [-0.2, -0.15) is 0 Å². The van der Waals surface area contributed by atoms with Crippen molar-refractivity contribution in [1.29, 1.82) is 0 Å². The molecule has 0 aliphatic rings. The maximum Gasteiger partial charge on any atom is 0.333 e. The smallest absolute Gasteiger partial charge is 0.333 e. The Morgan fingerprint density at radius 3 is 2.33 bits per heavy atom. The van der Waals surface area contributed by atoms with E-state index >= 15 is 0 Å². The molecule has 0 saturated carbocycles. The molecule has 0 radical (unpaired) electrons. The summed E-state index contributed by atoms with van der Waals surface area (Å²) in [5.41, 5.74) is 3.08. The van der Waals surface area contributed by atoms with Gasteiger partial charge in [0, 0.05) is 5.57 Å². The van der Waals surface area contributed by atoms with Crippen LogP contribution in [0.1, 0.15) is 39.5 Å². The summed E-state index contributed by atoms with van der Waals surface area (Å²) in [6.45, 7) is 11.4. The maximum atomic E-state index is 11.1. The lowest BCUT2D eigenvalue weighted by Crippen LogP contribution is -2.01. The van der Waals surface area contributed by atoms with Crippen LogP contribution in [-0.4, -0.2) is 13.1 Å². The van der Waals surface area contributed by atoms with Gasteiger partial charge in [-0.1, -0.05) is 42.5 Å². The molecule has 0 aromatic carbocycles. The normalized spacial score (nSPS) is 12.2. The highest BCUT2D eigenvalue weighted by Crippen LogP contribution is 2.11. The Hall–Kier alpha value is -1.57. The predicted octanol–water partition coefficient (Wildman–Crippen LogP) is 4.35. The minimum absolute atomic E-state index is 0.251. The molecule has 0 rings (SSSR count). The fourth-order valence-electron chi connectivity index (χ4n) is 1.47. The van der Waals surface area contributed by atoms with Gasteiger partial charge in [0.15, 0.2) is 0 Å². The highest BCUT2D eigenvalue weighted by molar-refractivity contribution is 5.87. The summed E-state index contributed by atoms with van der Waals surface area (Å²) in [4.78, 5) is 11.1. The maximum absolute atomic E-state index is 11.1. The summed E-state index contributed by atoms with van der Waals surface area (Å²) in [5, 5.41) is 0. The highest BCUT2D eigenvalue weighted by atomic mass is 16.5. The molecule has 0 saturated heterocycles. The first-order valence-corrected chi connectivity index (χ1v) is 6.22. The molecular weight excluding hydrogens is 224 g/mol. The lowest BCUT2D eigenvalue weighted by atomic mass is 10.1. The van der Waals surface area contributed by atoms with Gasteiger partial charge in [-0.3, -0.25) is 0 Å². The Morgan fingerprint density at radius 1 is 1.17 bits per heavy atom. The molecule has 0 atom stereocenters. The van der Waals surface area contributed by atoms with Crippen LogP contribution in [0.5, 0.6) is 0 Å². The van der Waals surface area contributed by atoms with Crippen molar-refractivity contribution in [1.82, 2.24) is 0 Å². The molecule has 0 aromatic rings. The molecule has 0 spiro atoms. The van der Waals surface area contributed by atoms with Crippen LogP contribution in [0.2, 0.25) is 0 Å². The number of ether oxygens (including phenoxy) is 1. The third-order valence-electron chi connectivity index (χ3n) is 2.74. The minimum Gasteiger partial charge on any atom is -0.466 e. The van der Waals surface area contributed by atoms with Crippen molar-refractivity contribution in [2.75, 3.05) is 7.11 Å². The lowest BCUT2D eigenvalue weighted by Gasteiger charge is -2.01. The average Bonchev–Trinajstić information content (AvgIpc) is 2.37. The van der Waals surface area contributed by atoms with Crippen LogP contribution in [0.3, 0.4) is 0 Å². The van der Waals surface area contributed by atoms with Gasteiger partial charge in [0.05, 0.1) is 7.11 Å². The first-order valence-electron chi connectivity index (χ1n) is 6.22. The van der Waals surface area contributed by atoms with Gasteiger partial charge in [0.25, 0.3) is 0 Å². The molecule has 0 aliphatic heterocycles. The Labute approximate surface area is 111 Å². The summed E-state index contributed by atoms with van der Waals surface area (Å²) >= 11 is 0. The van der Waals surface area contributed by atoms with E-state index in [0.717, 1.165) is 31.3 Å². The van der Waals surface area contributed by atoms with E-state index in [9.17, 15) is 4.79 Å². The fourth-order valence-corrected chi connectivity index (χ4v) is 1.47. The lowest BCUT2D eigenvalue weighted by molar-refractivity contribution is -0.136. The van der Waals surface area contributed by atoms with Gasteiger partial charge >= 0.3 is 5.97 Å². The second kappa shape index (κ2) is 9.46. The highest BCUT2D eigenvalue weighted by Gasteiger charge is 2.01. The van der Waals surface area contributed by atoms with E-state index in [2.05, 4.69) is 30.9 Å². The molecule has 0 aromatic heterocycles. The Balaban J connectivity index is 3.99. The van der Waals surface area contributed by atoms with Crippen molar-refractivity contribution in [3.63, 3.8) is 0 Å². The second-order valence-electron chi connectivity index (χ2n) is 4.37. The van der Waals surface area contributed by atoms with Crippen LogP contribution in [0.25, 0.3) is 0 Å². The van der Waals surface area contributed by atoms with Gasteiger partial charge in [0.2, 0.25) is 0 Å². The van der Waals surface area contributed by atoms with Gasteiger partial charge < -0.3 is 4.74 Å². The summed E-state index contributed by atoms with van der Waals surface area (Å²) in [7, 11) is 1.40. The molecule has 0 heterocycles. The van der Waals surface area contributed by atoms with E-state index in [1.54, 1.807) is 13.0 Å². The largest absolute Gasteiger partial charge is 0.466 e. The first-order chi connectivity index (χ1) is 8.51. The molecule has 0 N–H and O–H groups in total. The summed E-state index contributed by atoms with van der Waals surface area (Å²) < 4.78 is 4.63.